The van der Waals surface area contributed by atoms with Crippen LogP contribution in [0.5, 0.6) is 11.5 Å². The van der Waals surface area contributed by atoms with E-state index in [4.69, 9.17) is 15.6 Å². The predicted molar refractivity (Wildman–Crippen MR) is 79.5 cm³/mol. The molecule has 1 amide bonds. The number of rotatable bonds is 5. The zero-order valence-corrected chi connectivity index (χ0v) is 12.3. The third-order valence-corrected chi connectivity index (χ3v) is 3.70. The highest BCUT2D eigenvalue weighted by molar-refractivity contribution is 7.89. The van der Waals surface area contributed by atoms with Crippen LogP contribution in [0, 0.1) is 10.1 Å². The van der Waals surface area contributed by atoms with Gasteiger partial charge in [-0.05, 0) is 18.2 Å². The van der Waals surface area contributed by atoms with Gasteiger partial charge in [-0.1, -0.05) is 18.2 Å². The van der Waals surface area contributed by atoms with Gasteiger partial charge in [-0.15, -0.1) is 0 Å². The summed E-state index contributed by atoms with van der Waals surface area (Å²) in [5.74, 6) is -1.47. The van der Waals surface area contributed by atoms with Gasteiger partial charge < -0.3 is 10.5 Å². The number of para-hydroxylation sites is 1. The number of benzene rings is 2. The van der Waals surface area contributed by atoms with Crippen molar-refractivity contribution in [1.82, 2.24) is 0 Å². The van der Waals surface area contributed by atoms with Gasteiger partial charge in [0.15, 0.2) is 0 Å². The number of carbonyl (C=O) groups excluding carboxylic acids is 1. The lowest BCUT2D eigenvalue weighted by Gasteiger charge is -2.11. The van der Waals surface area contributed by atoms with Gasteiger partial charge in [0.1, 0.15) is 10.6 Å². The number of nitro groups is 1. The number of nitrogens with zero attached hydrogens (tertiary/aromatic N) is 1. The maximum absolute atomic E-state index is 11.7. The lowest BCUT2D eigenvalue weighted by molar-refractivity contribution is -0.385. The zero-order valence-electron chi connectivity index (χ0n) is 11.5. The molecule has 0 unspecified atom stereocenters. The zero-order chi connectivity index (χ0) is 17.2. The van der Waals surface area contributed by atoms with E-state index in [2.05, 4.69) is 0 Å². The molecule has 0 saturated carbocycles. The third-order valence-electron chi connectivity index (χ3n) is 2.79. The second-order valence-corrected chi connectivity index (χ2v) is 5.93. The maximum atomic E-state index is 11.7. The van der Waals surface area contributed by atoms with Crippen molar-refractivity contribution in [1.29, 1.82) is 0 Å². The molecule has 2 aromatic rings. The molecule has 0 aromatic heterocycles. The number of amides is 1. The molecule has 0 aliphatic rings. The van der Waals surface area contributed by atoms with Gasteiger partial charge in [0.2, 0.25) is 21.7 Å². The van der Waals surface area contributed by atoms with E-state index in [1.54, 1.807) is 18.2 Å². The average molecular weight is 337 g/mol. The highest BCUT2D eigenvalue weighted by Gasteiger charge is 2.28. The van der Waals surface area contributed by atoms with Crippen molar-refractivity contribution in [3.63, 3.8) is 0 Å². The summed E-state index contributed by atoms with van der Waals surface area (Å²) in [6.07, 6.45) is 0. The van der Waals surface area contributed by atoms with Crippen LogP contribution in [0.2, 0.25) is 0 Å². The van der Waals surface area contributed by atoms with Crippen molar-refractivity contribution in [2.45, 2.75) is 4.90 Å². The van der Waals surface area contributed by atoms with Gasteiger partial charge in [0, 0.05) is 11.6 Å². The van der Waals surface area contributed by atoms with E-state index in [0.29, 0.717) is 0 Å². The van der Waals surface area contributed by atoms with E-state index in [-0.39, 0.29) is 11.3 Å². The number of nitrogens with two attached hydrogens (primary N) is 2. The molecule has 10 heteroatoms. The molecule has 2 rings (SSSR count). The van der Waals surface area contributed by atoms with Crippen LogP contribution in [0.3, 0.4) is 0 Å². The Morgan fingerprint density at radius 1 is 1.17 bits per heavy atom. The van der Waals surface area contributed by atoms with E-state index in [0.717, 1.165) is 12.1 Å². The molecule has 0 saturated heterocycles. The highest BCUT2D eigenvalue weighted by Crippen LogP contribution is 2.38. The standard InChI is InChI=1S/C13H11N3O6S/c14-13(17)8-6-10(16(18)19)12(11(7-8)23(15,20)21)22-9-4-2-1-3-5-9/h1-7H,(H2,14,17)(H2,15,20,21). The molecule has 0 radical (unpaired) electrons. The fourth-order valence-corrected chi connectivity index (χ4v) is 2.48. The Morgan fingerprint density at radius 3 is 2.26 bits per heavy atom. The maximum Gasteiger partial charge on any atom is 0.313 e. The molecule has 0 aliphatic carbocycles. The summed E-state index contributed by atoms with van der Waals surface area (Å²) in [4.78, 5) is 20.9. The summed E-state index contributed by atoms with van der Waals surface area (Å²) < 4.78 is 28.7. The number of hydrogen-bond acceptors (Lipinski definition) is 6. The van der Waals surface area contributed by atoms with E-state index in [1.807, 2.05) is 0 Å². The summed E-state index contributed by atoms with van der Waals surface area (Å²) in [7, 11) is -4.40. The molecule has 0 atom stereocenters. The lowest BCUT2D eigenvalue weighted by atomic mass is 10.1. The first-order valence-corrected chi connectivity index (χ1v) is 7.62. The van der Waals surface area contributed by atoms with Crippen LogP contribution in [0.4, 0.5) is 5.69 Å². The number of ether oxygens (including phenoxy) is 1. The molecular weight excluding hydrogens is 326 g/mol. The topological polar surface area (TPSA) is 156 Å². The number of sulfonamides is 1. The molecular formula is C13H11N3O6S. The minimum Gasteiger partial charge on any atom is -0.449 e. The Morgan fingerprint density at radius 2 is 1.78 bits per heavy atom. The number of primary sulfonamides is 1. The summed E-state index contributed by atoms with van der Waals surface area (Å²) in [6.45, 7) is 0. The molecule has 0 bridgehead atoms. The number of primary amides is 1. The Hall–Kier alpha value is -2.98. The first kappa shape index (κ1) is 16.4. The number of nitro benzene ring substituents is 1. The van der Waals surface area contributed by atoms with Gasteiger partial charge >= 0.3 is 5.69 Å². The molecule has 0 heterocycles. The third kappa shape index (κ3) is 3.62. The summed E-state index contributed by atoms with van der Waals surface area (Å²) in [5, 5.41) is 16.3. The monoisotopic (exact) mass is 337 g/mol. The van der Waals surface area contributed by atoms with Crippen LogP contribution < -0.4 is 15.6 Å². The van der Waals surface area contributed by atoms with Crippen molar-refractivity contribution < 1.29 is 22.9 Å². The van der Waals surface area contributed by atoms with Gasteiger partial charge in [0.25, 0.3) is 0 Å². The van der Waals surface area contributed by atoms with Gasteiger partial charge in [0.05, 0.1) is 4.92 Å². The van der Waals surface area contributed by atoms with Crippen molar-refractivity contribution in [2.24, 2.45) is 10.9 Å². The summed E-state index contributed by atoms with van der Waals surface area (Å²) in [5.41, 5.74) is 3.94. The van der Waals surface area contributed by atoms with E-state index < -0.39 is 37.2 Å². The quantitative estimate of drug-likeness (QED) is 0.615. The molecule has 23 heavy (non-hydrogen) atoms. The molecule has 9 nitrogen and oxygen atoms in total. The average Bonchev–Trinajstić information content (AvgIpc) is 2.46. The first-order valence-electron chi connectivity index (χ1n) is 6.08. The molecule has 120 valence electrons. The minimum absolute atomic E-state index is 0.160. The molecule has 0 aliphatic heterocycles. The molecule has 0 spiro atoms. The number of hydrogen-bond donors (Lipinski definition) is 2. The Balaban J connectivity index is 2.76. The van der Waals surface area contributed by atoms with Gasteiger partial charge in [-0.2, -0.15) is 0 Å². The molecule has 0 fully saturated rings. The smallest absolute Gasteiger partial charge is 0.313 e. The van der Waals surface area contributed by atoms with Crippen molar-refractivity contribution >= 4 is 21.6 Å². The van der Waals surface area contributed by atoms with Crippen LogP contribution in [-0.2, 0) is 10.0 Å². The van der Waals surface area contributed by atoms with E-state index in [1.165, 1.54) is 12.1 Å². The van der Waals surface area contributed by atoms with Crippen LogP contribution in [0.25, 0.3) is 0 Å². The summed E-state index contributed by atoms with van der Waals surface area (Å²) >= 11 is 0. The van der Waals surface area contributed by atoms with Gasteiger partial charge in [-0.25, -0.2) is 13.6 Å². The van der Waals surface area contributed by atoms with Crippen LogP contribution in [0.1, 0.15) is 10.4 Å². The minimum atomic E-state index is -4.40. The normalized spacial score (nSPS) is 11.0. The fourth-order valence-electron chi connectivity index (χ4n) is 1.79. The summed E-state index contributed by atoms with van der Waals surface area (Å²) in [6, 6.07) is 9.47. The molecule has 2 aromatic carbocycles. The van der Waals surface area contributed by atoms with Crippen LogP contribution >= 0.6 is 0 Å². The van der Waals surface area contributed by atoms with Gasteiger partial charge in [-0.3, -0.25) is 14.9 Å². The second-order valence-electron chi connectivity index (χ2n) is 4.40. The largest absolute Gasteiger partial charge is 0.449 e. The lowest BCUT2D eigenvalue weighted by Crippen LogP contribution is -2.17. The molecule has 4 N–H and O–H groups in total. The van der Waals surface area contributed by atoms with Crippen molar-refractivity contribution in [2.75, 3.05) is 0 Å². The SMILES string of the molecule is NC(=O)c1cc([N+](=O)[O-])c(Oc2ccccc2)c(S(N)(=O)=O)c1. The Bertz CT molecular complexity index is 880. The van der Waals surface area contributed by atoms with Crippen LogP contribution in [-0.4, -0.2) is 19.2 Å². The second kappa shape index (κ2) is 6.02. The Labute approximate surface area is 130 Å². The predicted octanol–water partition coefficient (Wildman–Crippen LogP) is 1.13. The highest BCUT2D eigenvalue weighted by atomic mass is 32.2. The van der Waals surface area contributed by atoms with E-state index in [9.17, 15) is 23.3 Å². The van der Waals surface area contributed by atoms with Crippen molar-refractivity contribution in [3.8, 4) is 11.5 Å². The van der Waals surface area contributed by atoms with Crippen LogP contribution in [0.15, 0.2) is 47.4 Å². The Kier molecular flexibility index (Phi) is 4.29. The first-order chi connectivity index (χ1) is 10.7. The number of carbonyl (C=O) groups is 1. The van der Waals surface area contributed by atoms with Crippen molar-refractivity contribution in [3.05, 3.63) is 58.1 Å². The fraction of sp³-hybridized carbons (Fsp3) is 0. The van der Waals surface area contributed by atoms with E-state index >= 15 is 0 Å².